The fraction of sp³-hybridized carbons (Fsp3) is 0.389. The van der Waals surface area contributed by atoms with Gasteiger partial charge in [-0.3, -0.25) is 9.69 Å². The minimum Gasteiger partial charge on any atom is -0.490 e. The number of hydrogen-bond donors (Lipinski definition) is 2. The van der Waals surface area contributed by atoms with E-state index in [1.54, 1.807) is 12.1 Å². The fourth-order valence-electron chi connectivity index (χ4n) is 2.64. The predicted molar refractivity (Wildman–Crippen MR) is 97.6 cm³/mol. The van der Waals surface area contributed by atoms with Crippen LogP contribution in [0.3, 0.4) is 0 Å². The summed E-state index contributed by atoms with van der Waals surface area (Å²) in [6.07, 6.45) is 3.43. The van der Waals surface area contributed by atoms with E-state index in [9.17, 15) is 9.18 Å². The van der Waals surface area contributed by atoms with Crippen LogP contribution in [-0.4, -0.2) is 60.2 Å². The van der Waals surface area contributed by atoms with Gasteiger partial charge in [-0.1, -0.05) is 0 Å². The molecule has 1 amide bonds. The minimum absolute atomic E-state index is 0.201. The Hall–Kier alpha value is -2.78. The van der Waals surface area contributed by atoms with Crippen LogP contribution in [0.2, 0.25) is 0 Å². The first-order valence-electron chi connectivity index (χ1n) is 8.73. The van der Waals surface area contributed by atoms with Gasteiger partial charge in [0.1, 0.15) is 0 Å². The van der Waals surface area contributed by atoms with Gasteiger partial charge in [-0.25, -0.2) is 14.4 Å². The summed E-state index contributed by atoms with van der Waals surface area (Å²) in [5, 5.41) is 2.86. The summed E-state index contributed by atoms with van der Waals surface area (Å²) >= 11 is 0. The number of hydrogen-bond acceptors (Lipinski definition) is 7. The van der Waals surface area contributed by atoms with E-state index in [0.717, 1.165) is 39.3 Å². The lowest BCUT2D eigenvalue weighted by Gasteiger charge is -2.26. The maximum Gasteiger partial charge on any atom is 0.251 e. The molecule has 0 radical (unpaired) electrons. The number of amides is 1. The number of aromatic nitrogens is 2. The average Bonchev–Trinajstić information content (AvgIpc) is 2.68. The molecule has 1 saturated heterocycles. The van der Waals surface area contributed by atoms with Crippen molar-refractivity contribution < 1.29 is 18.7 Å². The molecule has 9 heteroatoms. The summed E-state index contributed by atoms with van der Waals surface area (Å²) in [5.74, 6) is -0.644. The Kier molecular flexibility index (Phi) is 6.50. The SMILES string of the molecule is NC(=O)c1cnc(Nc2ccc(OCCCN3CCOCC3)c(F)c2)nc1. The van der Waals surface area contributed by atoms with E-state index < -0.39 is 11.7 Å². The molecule has 0 spiro atoms. The van der Waals surface area contributed by atoms with Gasteiger partial charge in [-0.15, -0.1) is 0 Å². The number of nitrogens with zero attached hydrogens (tertiary/aromatic N) is 3. The number of nitrogens with two attached hydrogens (primary N) is 1. The van der Waals surface area contributed by atoms with Gasteiger partial charge in [-0.05, 0) is 18.6 Å². The van der Waals surface area contributed by atoms with Gasteiger partial charge < -0.3 is 20.5 Å². The van der Waals surface area contributed by atoms with Crippen molar-refractivity contribution >= 4 is 17.5 Å². The van der Waals surface area contributed by atoms with Gasteiger partial charge in [0.15, 0.2) is 11.6 Å². The molecule has 144 valence electrons. The van der Waals surface area contributed by atoms with Crippen molar-refractivity contribution in [2.75, 3.05) is 44.8 Å². The third kappa shape index (κ3) is 5.60. The first-order valence-corrected chi connectivity index (χ1v) is 8.73. The Bertz CT molecular complexity index is 766. The molecule has 1 aromatic carbocycles. The van der Waals surface area contributed by atoms with Crippen LogP contribution in [0.25, 0.3) is 0 Å². The van der Waals surface area contributed by atoms with Crippen molar-refractivity contribution in [3.8, 4) is 5.75 Å². The van der Waals surface area contributed by atoms with Crippen LogP contribution in [0.5, 0.6) is 5.75 Å². The van der Waals surface area contributed by atoms with E-state index in [4.69, 9.17) is 15.2 Å². The van der Waals surface area contributed by atoms with Crippen LogP contribution in [0.4, 0.5) is 16.0 Å². The van der Waals surface area contributed by atoms with Crippen LogP contribution in [0, 0.1) is 5.82 Å². The fourth-order valence-corrected chi connectivity index (χ4v) is 2.64. The van der Waals surface area contributed by atoms with Crippen molar-refractivity contribution in [2.45, 2.75) is 6.42 Å². The molecule has 0 aliphatic carbocycles. The second-order valence-corrected chi connectivity index (χ2v) is 6.09. The summed E-state index contributed by atoms with van der Waals surface area (Å²) in [6.45, 7) is 4.73. The lowest BCUT2D eigenvalue weighted by atomic mass is 10.3. The second-order valence-electron chi connectivity index (χ2n) is 6.09. The smallest absolute Gasteiger partial charge is 0.251 e. The third-order valence-electron chi connectivity index (χ3n) is 4.10. The van der Waals surface area contributed by atoms with E-state index in [1.807, 2.05) is 0 Å². The number of benzene rings is 1. The Labute approximate surface area is 156 Å². The third-order valence-corrected chi connectivity index (χ3v) is 4.10. The number of anilines is 2. The molecule has 2 aromatic rings. The zero-order chi connectivity index (χ0) is 19.1. The summed E-state index contributed by atoms with van der Waals surface area (Å²) < 4.78 is 25.0. The molecule has 0 bridgehead atoms. The van der Waals surface area contributed by atoms with Crippen LogP contribution in [0.15, 0.2) is 30.6 Å². The first-order chi connectivity index (χ1) is 13.1. The number of carbonyl (C=O) groups excluding carboxylic acids is 1. The monoisotopic (exact) mass is 375 g/mol. The van der Waals surface area contributed by atoms with Crippen molar-refractivity contribution in [1.29, 1.82) is 0 Å². The molecule has 1 fully saturated rings. The Morgan fingerprint density at radius 2 is 2.04 bits per heavy atom. The van der Waals surface area contributed by atoms with E-state index in [1.165, 1.54) is 18.5 Å². The van der Waals surface area contributed by atoms with Gasteiger partial charge in [0.2, 0.25) is 5.95 Å². The average molecular weight is 375 g/mol. The van der Waals surface area contributed by atoms with Gasteiger partial charge in [0, 0.05) is 43.8 Å². The maximum atomic E-state index is 14.2. The number of carbonyl (C=O) groups is 1. The molecule has 0 unspecified atom stereocenters. The lowest BCUT2D eigenvalue weighted by molar-refractivity contribution is 0.0357. The molecule has 2 heterocycles. The van der Waals surface area contributed by atoms with Gasteiger partial charge >= 0.3 is 0 Å². The van der Waals surface area contributed by atoms with E-state index in [-0.39, 0.29) is 17.3 Å². The number of rotatable bonds is 8. The summed E-state index contributed by atoms with van der Waals surface area (Å²) in [6, 6.07) is 4.54. The van der Waals surface area contributed by atoms with Gasteiger partial charge in [0.05, 0.1) is 25.4 Å². The Morgan fingerprint density at radius 3 is 2.70 bits per heavy atom. The molecule has 3 rings (SSSR count). The van der Waals surface area contributed by atoms with Crippen molar-refractivity contribution in [3.05, 3.63) is 42.0 Å². The highest BCUT2D eigenvalue weighted by molar-refractivity contribution is 5.92. The molecular formula is C18H22FN5O3. The topological polar surface area (TPSA) is 103 Å². The highest BCUT2D eigenvalue weighted by Crippen LogP contribution is 2.23. The lowest BCUT2D eigenvalue weighted by Crippen LogP contribution is -2.37. The first kappa shape index (κ1) is 19.0. The number of ether oxygens (including phenoxy) is 2. The predicted octanol–water partition coefficient (Wildman–Crippen LogP) is 1.56. The normalized spacial score (nSPS) is 14.7. The molecule has 1 aromatic heterocycles. The summed E-state index contributed by atoms with van der Waals surface area (Å²) in [7, 11) is 0. The molecule has 8 nitrogen and oxygen atoms in total. The van der Waals surface area contributed by atoms with Crippen LogP contribution < -0.4 is 15.8 Å². The quantitative estimate of drug-likeness (QED) is 0.675. The highest BCUT2D eigenvalue weighted by Gasteiger charge is 2.10. The zero-order valence-electron chi connectivity index (χ0n) is 14.9. The Balaban J connectivity index is 1.48. The summed E-state index contributed by atoms with van der Waals surface area (Å²) in [4.78, 5) is 21.2. The van der Waals surface area contributed by atoms with Crippen molar-refractivity contribution in [1.82, 2.24) is 14.9 Å². The molecule has 1 aliphatic rings. The van der Waals surface area contributed by atoms with Crippen molar-refractivity contribution in [2.24, 2.45) is 5.73 Å². The number of morpholine rings is 1. The van der Waals surface area contributed by atoms with Gasteiger partial charge in [0.25, 0.3) is 5.91 Å². The van der Waals surface area contributed by atoms with E-state index in [0.29, 0.717) is 12.3 Å². The largest absolute Gasteiger partial charge is 0.490 e. The standard InChI is InChI=1S/C18H22FN5O3/c19-15-10-14(23-18-21-11-13(12-22-18)17(20)25)2-3-16(15)27-7-1-4-24-5-8-26-9-6-24/h2-3,10-12H,1,4-9H2,(H2,20,25)(H,21,22,23). The van der Waals surface area contributed by atoms with Gasteiger partial charge in [-0.2, -0.15) is 0 Å². The molecule has 0 saturated carbocycles. The second kappa shape index (κ2) is 9.24. The molecule has 0 atom stereocenters. The number of primary amides is 1. The highest BCUT2D eigenvalue weighted by atomic mass is 19.1. The van der Waals surface area contributed by atoms with Crippen LogP contribution in [0.1, 0.15) is 16.8 Å². The van der Waals surface area contributed by atoms with Crippen LogP contribution >= 0.6 is 0 Å². The van der Waals surface area contributed by atoms with Crippen molar-refractivity contribution in [3.63, 3.8) is 0 Å². The zero-order valence-corrected chi connectivity index (χ0v) is 14.9. The molecule has 3 N–H and O–H groups in total. The van der Waals surface area contributed by atoms with Crippen LogP contribution in [-0.2, 0) is 4.74 Å². The molecular weight excluding hydrogens is 353 g/mol. The number of nitrogens with one attached hydrogen (secondary N) is 1. The maximum absolute atomic E-state index is 14.2. The Morgan fingerprint density at radius 1 is 1.30 bits per heavy atom. The molecule has 27 heavy (non-hydrogen) atoms. The number of halogens is 1. The van der Waals surface area contributed by atoms with E-state index in [2.05, 4.69) is 20.2 Å². The minimum atomic E-state index is -0.609. The molecule has 1 aliphatic heterocycles. The van der Waals surface area contributed by atoms with E-state index >= 15 is 0 Å². The summed E-state index contributed by atoms with van der Waals surface area (Å²) in [5.41, 5.74) is 5.81.